The lowest BCUT2D eigenvalue weighted by Gasteiger charge is -2.17. The SMILES string of the molecule is CCOC(=O)c1c(OS(=O)(=O)C(F)(F)F)c2cc(Cl)c(Cl)cc2c(=O)n1C. The van der Waals surface area contributed by atoms with Gasteiger partial charge in [0.15, 0.2) is 11.4 Å². The molecule has 7 nitrogen and oxygen atoms in total. The molecule has 1 aromatic heterocycles. The van der Waals surface area contributed by atoms with E-state index in [1.165, 1.54) is 6.92 Å². The highest BCUT2D eigenvalue weighted by Gasteiger charge is 2.49. The van der Waals surface area contributed by atoms with Gasteiger partial charge in [-0.25, -0.2) is 4.79 Å². The van der Waals surface area contributed by atoms with Crippen molar-refractivity contribution in [2.45, 2.75) is 12.4 Å². The summed E-state index contributed by atoms with van der Waals surface area (Å²) < 4.78 is 70.8. The normalized spacial score (nSPS) is 12.3. The maximum Gasteiger partial charge on any atom is 0.534 e. The minimum absolute atomic E-state index is 0.116. The molecule has 0 aliphatic carbocycles. The molecule has 0 spiro atoms. The first kappa shape index (κ1) is 21.3. The van der Waals surface area contributed by atoms with Crippen molar-refractivity contribution in [3.05, 3.63) is 38.2 Å². The second-order valence-corrected chi connectivity index (χ2v) is 7.41. The summed E-state index contributed by atoms with van der Waals surface area (Å²) in [6, 6.07) is 1.94. The second-order valence-electron chi connectivity index (χ2n) is 5.06. The highest BCUT2D eigenvalue weighted by molar-refractivity contribution is 7.88. The number of fused-ring (bicyclic) bond motifs is 1. The average Bonchev–Trinajstić information content (AvgIpc) is 2.53. The lowest BCUT2D eigenvalue weighted by molar-refractivity contribution is -0.0500. The number of ether oxygens (including phenoxy) is 1. The Morgan fingerprint density at radius 2 is 1.70 bits per heavy atom. The second kappa shape index (κ2) is 7.21. The maximum absolute atomic E-state index is 12.8. The van der Waals surface area contributed by atoms with Crippen LogP contribution in [0.4, 0.5) is 13.2 Å². The third-order valence-electron chi connectivity index (χ3n) is 3.34. The van der Waals surface area contributed by atoms with Crippen LogP contribution in [0.1, 0.15) is 17.4 Å². The molecule has 1 aromatic carbocycles. The Morgan fingerprint density at radius 1 is 1.19 bits per heavy atom. The van der Waals surface area contributed by atoms with Gasteiger partial charge in [0.2, 0.25) is 0 Å². The summed E-state index contributed by atoms with van der Waals surface area (Å²) in [4.78, 5) is 24.6. The van der Waals surface area contributed by atoms with E-state index in [4.69, 9.17) is 27.9 Å². The van der Waals surface area contributed by atoms with Crippen molar-refractivity contribution in [2.24, 2.45) is 7.05 Å². The molecule has 0 bridgehead atoms. The quantitative estimate of drug-likeness (QED) is 0.405. The van der Waals surface area contributed by atoms with Crippen LogP contribution in [-0.4, -0.2) is 31.1 Å². The van der Waals surface area contributed by atoms with Crippen LogP contribution in [0.3, 0.4) is 0 Å². The van der Waals surface area contributed by atoms with Gasteiger partial charge in [-0.1, -0.05) is 23.2 Å². The van der Waals surface area contributed by atoms with Gasteiger partial charge in [-0.05, 0) is 19.1 Å². The van der Waals surface area contributed by atoms with Gasteiger partial charge in [0.25, 0.3) is 5.56 Å². The van der Waals surface area contributed by atoms with E-state index in [2.05, 4.69) is 4.18 Å². The number of nitrogens with zero attached hydrogens (tertiary/aromatic N) is 1. The molecule has 0 amide bonds. The van der Waals surface area contributed by atoms with Crippen LogP contribution >= 0.6 is 23.2 Å². The average molecular weight is 448 g/mol. The number of benzene rings is 1. The van der Waals surface area contributed by atoms with E-state index >= 15 is 0 Å². The first-order chi connectivity index (χ1) is 12.3. The zero-order valence-corrected chi connectivity index (χ0v) is 15.9. The first-order valence-corrected chi connectivity index (χ1v) is 9.17. The van der Waals surface area contributed by atoms with Crippen LogP contribution in [0.2, 0.25) is 10.0 Å². The standard InChI is InChI=1S/C14H10Cl2F3NO6S/c1-3-25-13(22)10-11(26-27(23,24)14(17,18)19)6-4-8(15)9(16)5-7(6)12(21)20(10)2/h4-5H,3H2,1-2H3. The number of carbonyl (C=O) groups excluding carboxylic acids is 1. The van der Waals surface area contributed by atoms with Crippen LogP contribution in [0.25, 0.3) is 10.8 Å². The van der Waals surface area contributed by atoms with Gasteiger partial charge in [0.1, 0.15) is 0 Å². The third-order valence-corrected chi connectivity index (χ3v) is 5.01. The number of aromatic nitrogens is 1. The first-order valence-electron chi connectivity index (χ1n) is 7.01. The van der Waals surface area contributed by atoms with Gasteiger partial charge in [0, 0.05) is 12.4 Å². The number of pyridine rings is 1. The number of alkyl halides is 3. The molecule has 0 N–H and O–H groups in total. The van der Waals surface area contributed by atoms with E-state index in [-0.39, 0.29) is 22.0 Å². The summed E-state index contributed by atoms with van der Waals surface area (Å²) in [5.74, 6) is -2.32. The van der Waals surface area contributed by atoms with E-state index in [1.807, 2.05) is 0 Å². The summed E-state index contributed by atoms with van der Waals surface area (Å²) >= 11 is 11.6. The Balaban J connectivity index is 2.99. The van der Waals surface area contributed by atoms with Crippen LogP contribution in [0, 0.1) is 0 Å². The molecule has 0 saturated carbocycles. The summed E-state index contributed by atoms with van der Waals surface area (Å²) in [6.07, 6.45) is 0. The van der Waals surface area contributed by atoms with Gasteiger partial charge in [0.05, 0.1) is 22.0 Å². The fourth-order valence-electron chi connectivity index (χ4n) is 2.14. The lowest BCUT2D eigenvalue weighted by Crippen LogP contribution is -2.31. The molecule has 0 aliphatic rings. The molecular formula is C14H10Cl2F3NO6S. The number of rotatable bonds is 4. The predicted molar refractivity (Wildman–Crippen MR) is 90.8 cm³/mol. The van der Waals surface area contributed by atoms with Crippen LogP contribution in [0.15, 0.2) is 16.9 Å². The Labute approximate surface area is 160 Å². The minimum Gasteiger partial charge on any atom is -0.461 e. The topological polar surface area (TPSA) is 91.7 Å². The van der Waals surface area contributed by atoms with Gasteiger partial charge in [-0.15, -0.1) is 0 Å². The molecule has 148 valence electrons. The fraction of sp³-hybridized carbons (Fsp3) is 0.286. The Hall–Kier alpha value is -1.98. The molecule has 0 radical (unpaired) electrons. The number of esters is 1. The van der Waals surface area contributed by atoms with Gasteiger partial charge in [-0.2, -0.15) is 21.6 Å². The van der Waals surface area contributed by atoms with Gasteiger partial charge in [-0.3, -0.25) is 4.79 Å². The van der Waals surface area contributed by atoms with Gasteiger partial charge < -0.3 is 13.5 Å². The number of hydrogen-bond acceptors (Lipinski definition) is 6. The molecule has 27 heavy (non-hydrogen) atoms. The highest BCUT2D eigenvalue weighted by atomic mass is 35.5. The Bertz CT molecular complexity index is 1090. The maximum atomic E-state index is 12.8. The smallest absolute Gasteiger partial charge is 0.461 e. The summed E-state index contributed by atoms with van der Waals surface area (Å²) in [7, 11) is -5.13. The fourth-order valence-corrected chi connectivity index (χ4v) is 2.95. The Kier molecular flexibility index (Phi) is 5.69. The minimum atomic E-state index is -6.17. The molecule has 0 atom stereocenters. The summed E-state index contributed by atoms with van der Waals surface area (Å²) in [5.41, 5.74) is -7.47. The number of halogens is 5. The van der Waals surface area contributed by atoms with E-state index in [0.29, 0.717) is 4.57 Å². The van der Waals surface area contributed by atoms with Crippen molar-refractivity contribution in [3.63, 3.8) is 0 Å². The van der Waals surface area contributed by atoms with E-state index in [0.717, 1.165) is 19.2 Å². The van der Waals surface area contributed by atoms with Crippen molar-refractivity contribution in [1.29, 1.82) is 0 Å². The molecule has 2 rings (SSSR count). The van der Waals surface area contributed by atoms with E-state index in [1.54, 1.807) is 0 Å². The van der Waals surface area contributed by atoms with Crippen molar-refractivity contribution in [2.75, 3.05) is 6.61 Å². The van der Waals surface area contributed by atoms with Crippen LogP contribution < -0.4 is 9.74 Å². The lowest BCUT2D eigenvalue weighted by atomic mass is 10.1. The zero-order chi connectivity index (χ0) is 20.7. The van der Waals surface area contributed by atoms with Crippen molar-refractivity contribution in [3.8, 4) is 5.75 Å². The van der Waals surface area contributed by atoms with Crippen LogP contribution in [-0.2, 0) is 21.9 Å². The number of hydrogen-bond donors (Lipinski definition) is 0. The van der Waals surface area contributed by atoms with Crippen LogP contribution in [0.5, 0.6) is 5.75 Å². The monoisotopic (exact) mass is 447 g/mol. The predicted octanol–water partition coefficient (Wildman–Crippen LogP) is 3.25. The highest BCUT2D eigenvalue weighted by Crippen LogP contribution is 2.37. The molecule has 1 heterocycles. The molecule has 2 aromatic rings. The van der Waals surface area contributed by atoms with Crippen molar-refractivity contribution >= 4 is 50.1 Å². The summed E-state index contributed by atoms with van der Waals surface area (Å²) in [5, 5.41) is -1.09. The van der Waals surface area contributed by atoms with E-state index < -0.39 is 44.0 Å². The Morgan fingerprint density at radius 3 is 2.19 bits per heavy atom. The van der Waals surface area contributed by atoms with E-state index in [9.17, 15) is 31.2 Å². The zero-order valence-electron chi connectivity index (χ0n) is 13.6. The van der Waals surface area contributed by atoms with Crippen molar-refractivity contribution < 1.29 is 35.3 Å². The van der Waals surface area contributed by atoms with Gasteiger partial charge >= 0.3 is 21.6 Å². The summed E-state index contributed by atoms with van der Waals surface area (Å²) in [6.45, 7) is 1.21. The molecule has 0 saturated heterocycles. The molecular weight excluding hydrogens is 438 g/mol. The molecule has 0 aliphatic heterocycles. The largest absolute Gasteiger partial charge is 0.534 e. The third kappa shape index (κ3) is 3.85. The van der Waals surface area contributed by atoms with Crippen molar-refractivity contribution in [1.82, 2.24) is 4.57 Å². The molecule has 13 heteroatoms. The molecule has 0 unspecified atom stereocenters. The number of carbonyl (C=O) groups is 1. The molecule has 0 fully saturated rings.